The maximum atomic E-state index is 13.1. The van der Waals surface area contributed by atoms with E-state index in [0.717, 1.165) is 0 Å². The summed E-state index contributed by atoms with van der Waals surface area (Å²) in [5.41, 5.74) is 2.35. The van der Waals surface area contributed by atoms with Crippen LogP contribution in [0.1, 0.15) is 28.5 Å². The smallest absolute Gasteiger partial charge is 0.257 e. The molecule has 0 aliphatic heterocycles. The number of carbonyl (C=O) groups excluding carboxylic acids is 2. The Morgan fingerprint density at radius 1 is 1.07 bits per heavy atom. The predicted molar refractivity (Wildman–Crippen MR) is 115 cm³/mol. The van der Waals surface area contributed by atoms with Gasteiger partial charge in [-0.05, 0) is 38.1 Å². The van der Waals surface area contributed by atoms with Crippen molar-refractivity contribution in [2.45, 2.75) is 26.8 Å². The molecule has 1 amide bonds. The molecular weight excluding hydrogens is 382 g/mol. The van der Waals surface area contributed by atoms with E-state index >= 15 is 0 Å². The van der Waals surface area contributed by atoms with E-state index in [4.69, 9.17) is 0 Å². The highest BCUT2D eigenvalue weighted by Crippen LogP contribution is 2.18. The molecule has 0 bridgehead atoms. The Bertz CT molecular complexity index is 1120. The lowest BCUT2D eigenvalue weighted by Gasteiger charge is -2.16. The van der Waals surface area contributed by atoms with Gasteiger partial charge in [0.25, 0.3) is 5.56 Å². The third-order valence-corrected chi connectivity index (χ3v) is 4.74. The minimum absolute atomic E-state index is 0.0610. The Kier molecular flexibility index (Phi) is 6.54. The number of carbonyl (C=O) groups is 2. The van der Waals surface area contributed by atoms with Crippen LogP contribution in [0.4, 0.5) is 5.69 Å². The first-order valence-corrected chi connectivity index (χ1v) is 9.58. The lowest BCUT2D eigenvalue weighted by molar-refractivity contribution is -0.116. The molecule has 0 unspecified atom stereocenters. The van der Waals surface area contributed by atoms with E-state index in [0.29, 0.717) is 33.9 Å². The second-order valence-corrected chi connectivity index (χ2v) is 6.91. The van der Waals surface area contributed by atoms with Crippen LogP contribution < -0.4 is 10.9 Å². The van der Waals surface area contributed by atoms with Gasteiger partial charge in [-0.2, -0.15) is 0 Å². The van der Waals surface area contributed by atoms with Gasteiger partial charge in [-0.15, -0.1) is 0 Å². The van der Waals surface area contributed by atoms with E-state index in [1.807, 2.05) is 30.3 Å². The normalized spacial score (nSPS) is 10.6. The molecule has 1 heterocycles. The van der Waals surface area contributed by atoms with Crippen LogP contribution in [0.15, 0.2) is 59.4 Å². The molecule has 2 N–H and O–H groups in total. The van der Waals surface area contributed by atoms with Gasteiger partial charge in [0.1, 0.15) is 12.4 Å². The number of Topliss-reactive ketones (excluding diaryl/α,β-unsaturated/α-hetero) is 1. The number of hydrogen-bond acceptors (Lipinski definition) is 5. The fraction of sp³-hybridized carbons (Fsp3) is 0.217. The van der Waals surface area contributed by atoms with Gasteiger partial charge in [-0.3, -0.25) is 19.0 Å². The maximum absolute atomic E-state index is 13.1. The van der Waals surface area contributed by atoms with Crippen LogP contribution >= 0.6 is 0 Å². The summed E-state index contributed by atoms with van der Waals surface area (Å²) in [7, 11) is 0. The van der Waals surface area contributed by atoms with Crippen molar-refractivity contribution in [1.82, 2.24) is 9.55 Å². The third-order valence-electron chi connectivity index (χ3n) is 4.74. The second kappa shape index (κ2) is 9.28. The number of rotatable bonds is 7. The summed E-state index contributed by atoms with van der Waals surface area (Å²) in [6.07, 6.45) is 0.168. The maximum Gasteiger partial charge on any atom is 0.257 e. The van der Waals surface area contributed by atoms with Gasteiger partial charge >= 0.3 is 0 Å². The van der Waals surface area contributed by atoms with Crippen molar-refractivity contribution in [2.24, 2.45) is 0 Å². The molecule has 0 aliphatic carbocycles. The molecule has 2 aromatic carbocycles. The number of amides is 1. The number of nitrogens with one attached hydrogen (secondary N) is 1. The lowest BCUT2D eigenvalue weighted by Crippen LogP contribution is -2.33. The number of hydrogen-bond donors (Lipinski definition) is 2. The third kappa shape index (κ3) is 4.69. The number of ketones is 1. The zero-order valence-corrected chi connectivity index (χ0v) is 16.9. The lowest BCUT2D eigenvalue weighted by atomic mass is 10.1. The Morgan fingerprint density at radius 3 is 2.33 bits per heavy atom. The summed E-state index contributed by atoms with van der Waals surface area (Å²) >= 11 is 0. The Labute approximate surface area is 174 Å². The molecule has 0 atom stereocenters. The Morgan fingerprint density at radius 2 is 1.73 bits per heavy atom. The summed E-state index contributed by atoms with van der Waals surface area (Å²) < 4.78 is 1.33. The number of anilines is 1. The van der Waals surface area contributed by atoms with Crippen molar-refractivity contribution in [2.75, 3.05) is 11.9 Å². The first-order valence-electron chi connectivity index (χ1n) is 9.58. The molecule has 0 spiro atoms. The zero-order valence-electron chi connectivity index (χ0n) is 16.9. The molecule has 154 valence electrons. The van der Waals surface area contributed by atoms with Gasteiger partial charge in [-0.1, -0.05) is 30.3 Å². The van der Waals surface area contributed by atoms with E-state index in [-0.39, 0.29) is 30.9 Å². The van der Waals surface area contributed by atoms with Crippen LogP contribution in [0.5, 0.6) is 0 Å². The van der Waals surface area contributed by atoms with Crippen LogP contribution in [-0.2, 0) is 17.8 Å². The Balaban J connectivity index is 1.95. The van der Waals surface area contributed by atoms with Gasteiger partial charge in [-0.25, -0.2) is 4.98 Å². The molecule has 0 radical (unpaired) electrons. The first-order chi connectivity index (χ1) is 14.4. The molecule has 1 aromatic heterocycles. The largest absolute Gasteiger partial charge is 0.396 e. The van der Waals surface area contributed by atoms with Crippen LogP contribution in [-0.4, -0.2) is 33.0 Å². The van der Waals surface area contributed by atoms with Gasteiger partial charge in [0.2, 0.25) is 5.91 Å². The van der Waals surface area contributed by atoms with Gasteiger partial charge in [0.15, 0.2) is 5.78 Å². The molecule has 3 aromatic rings. The summed E-state index contributed by atoms with van der Waals surface area (Å²) in [6.45, 7) is 2.78. The van der Waals surface area contributed by atoms with Gasteiger partial charge in [0.05, 0.1) is 0 Å². The van der Waals surface area contributed by atoms with Crippen molar-refractivity contribution in [3.05, 3.63) is 81.8 Å². The molecule has 7 nitrogen and oxygen atoms in total. The van der Waals surface area contributed by atoms with Crippen molar-refractivity contribution < 1.29 is 14.7 Å². The number of aromatic nitrogens is 2. The molecule has 7 heteroatoms. The molecule has 0 aliphatic rings. The van der Waals surface area contributed by atoms with E-state index in [9.17, 15) is 19.5 Å². The van der Waals surface area contributed by atoms with Crippen molar-refractivity contribution in [3.8, 4) is 11.4 Å². The molecule has 3 rings (SSSR count). The highest BCUT2D eigenvalue weighted by atomic mass is 16.3. The minimum Gasteiger partial charge on any atom is -0.396 e. The van der Waals surface area contributed by atoms with Crippen molar-refractivity contribution in [3.63, 3.8) is 0 Å². The quantitative estimate of drug-likeness (QED) is 0.589. The van der Waals surface area contributed by atoms with E-state index < -0.39 is 5.91 Å². The van der Waals surface area contributed by atoms with E-state index in [1.54, 1.807) is 31.2 Å². The number of benzene rings is 2. The van der Waals surface area contributed by atoms with E-state index in [1.165, 1.54) is 11.5 Å². The van der Waals surface area contributed by atoms with Gasteiger partial charge in [0, 0.05) is 41.1 Å². The number of aliphatic hydroxyl groups excluding tert-OH is 1. The topological polar surface area (TPSA) is 101 Å². The fourth-order valence-electron chi connectivity index (χ4n) is 3.19. The highest BCUT2D eigenvalue weighted by Gasteiger charge is 2.17. The van der Waals surface area contributed by atoms with Crippen molar-refractivity contribution >= 4 is 17.4 Å². The predicted octanol–water partition coefficient (Wildman–Crippen LogP) is 2.59. The minimum atomic E-state index is -0.398. The van der Waals surface area contributed by atoms with Crippen LogP contribution in [0.3, 0.4) is 0 Å². The average Bonchev–Trinajstić information content (AvgIpc) is 2.74. The molecule has 0 saturated carbocycles. The van der Waals surface area contributed by atoms with Crippen LogP contribution in [0.2, 0.25) is 0 Å². The number of aliphatic hydroxyl groups is 1. The molecule has 30 heavy (non-hydrogen) atoms. The van der Waals surface area contributed by atoms with E-state index in [2.05, 4.69) is 10.3 Å². The van der Waals surface area contributed by atoms with Crippen LogP contribution in [0.25, 0.3) is 11.4 Å². The summed E-state index contributed by atoms with van der Waals surface area (Å²) in [5, 5.41) is 12.0. The molecular formula is C23H23N3O4. The summed E-state index contributed by atoms with van der Waals surface area (Å²) in [6, 6.07) is 15.7. The monoisotopic (exact) mass is 405 g/mol. The summed E-state index contributed by atoms with van der Waals surface area (Å²) in [4.78, 5) is 41.7. The average molecular weight is 405 g/mol. The Hall–Kier alpha value is -3.58. The number of aryl methyl sites for hydroxylation is 1. The van der Waals surface area contributed by atoms with Crippen LogP contribution in [0, 0.1) is 6.92 Å². The van der Waals surface area contributed by atoms with Crippen molar-refractivity contribution in [1.29, 1.82) is 0 Å². The van der Waals surface area contributed by atoms with Gasteiger partial charge < -0.3 is 10.4 Å². The fourth-order valence-corrected chi connectivity index (χ4v) is 3.19. The molecule has 0 fully saturated rings. The first kappa shape index (κ1) is 21.1. The zero-order chi connectivity index (χ0) is 21.7. The summed E-state index contributed by atoms with van der Waals surface area (Å²) in [5.74, 6) is -0.0681. The molecule has 0 saturated heterocycles. The second-order valence-electron chi connectivity index (χ2n) is 6.91. The highest BCUT2D eigenvalue weighted by molar-refractivity contribution is 5.95. The number of nitrogens with zero attached hydrogens (tertiary/aromatic N) is 2. The standard InChI is InChI=1S/C23H23N3O4/c1-15-20(12-13-27)23(30)26(22(24-15)18-6-4-3-5-7-18)14-21(29)25-19-10-8-17(9-11-19)16(2)28/h3-11,27H,12-14H2,1-2H3,(H,25,29). The SMILES string of the molecule is CC(=O)c1ccc(NC(=O)Cn2c(-c3ccccc3)nc(C)c(CCO)c2=O)cc1.